The molecule has 0 saturated heterocycles. The molecule has 4 unspecified atom stereocenters. The molecule has 0 aromatic carbocycles. The van der Waals surface area contributed by atoms with Gasteiger partial charge in [-0.25, -0.2) is 0 Å². The molecule has 2 saturated carbocycles. The molecule has 0 spiro atoms. The minimum absolute atomic E-state index is 0.229. The highest BCUT2D eigenvalue weighted by atomic mass is 79.9. The summed E-state index contributed by atoms with van der Waals surface area (Å²) in [5.74, 6) is -1.53. The van der Waals surface area contributed by atoms with E-state index in [1.54, 1.807) is 14.2 Å². The van der Waals surface area contributed by atoms with Gasteiger partial charge in [0.05, 0.1) is 12.2 Å². The van der Waals surface area contributed by atoms with Gasteiger partial charge in [-0.1, -0.05) is 63.7 Å². The number of halogens is 4. The SMILES string of the molecule is COC1(OC)C2(Br)C(Br)=C(Br)C1(Br)C1C2[C@@H](O)C[C@@H]1O. The van der Waals surface area contributed by atoms with Crippen molar-refractivity contribution in [2.75, 3.05) is 14.2 Å². The standard InChI is InChI=1S/C12H14Br4O4/c1-19-12(20-2)10(15)6-4(17)3-5(18)7(6)11(12,16)9(14)8(10)13/h4-7,17-18H,3H2,1-2H3/t4-,5-,6?,7?,10?,11?/m0/s1. The molecule has 2 N–H and O–H groups in total. The molecule has 0 radical (unpaired) electrons. The Morgan fingerprint density at radius 1 is 0.950 bits per heavy atom. The number of methoxy groups -OCH3 is 2. The Bertz CT molecular complexity index is 456. The zero-order valence-corrected chi connectivity index (χ0v) is 17.1. The second kappa shape index (κ2) is 4.75. The summed E-state index contributed by atoms with van der Waals surface area (Å²) in [5.41, 5.74) is 0. The highest BCUT2D eigenvalue weighted by molar-refractivity contribution is 9.16. The van der Waals surface area contributed by atoms with E-state index in [2.05, 4.69) is 63.7 Å². The Hall–Kier alpha value is 1.50. The summed E-state index contributed by atoms with van der Waals surface area (Å²) < 4.78 is 11.7. The summed E-state index contributed by atoms with van der Waals surface area (Å²) in [6.07, 6.45) is -0.918. The Kier molecular flexibility index (Phi) is 3.89. The van der Waals surface area contributed by atoms with Crippen molar-refractivity contribution in [3.05, 3.63) is 8.96 Å². The van der Waals surface area contributed by atoms with Gasteiger partial charge in [-0.2, -0.15) is 0 Å². The van der Waals surface area contributed by atoms with Crippen LogP contribution in [0.25, 0.3) is 0 Å². The van der Waals surface area contributed by atoms with Crippen LogP contribution in [0.2, 0.25) is 0 Å². The van der Waals surface area contributed by atoms with Crippen LogP contribution in [0.15, 0.2) is 8.96 Å². The normalized spacial score (nSPS) is 52.8. The lowest BCUT2D eigenvalue weighted by Gasteiger charge is -2.43. The first kappa shape index (κ1) is 16.4. The Balaban J connectivity index is 2.32. The van der Waals surface area contributed by atoms with Crippen molar-refractivity contribution in [1.29, 1.82) is 0 Å². The predicted octanol–water partition coefficient (Wildman–Crippen LogP) is 2.63. The second-order valence-electron chi connectivity index (χ2n) is 5.50. The Labute approximate surface area is 150 Å². The first-order valence-electron chi connectivity index (χ1n) is 6.14. The maximum Gasteiger partial charge on any atom is 0.209 e. The van der Waals surface area contributed by atoms with Gasteiger partial charge in [0.2, 0.25) is 5.79 Å². The van der Waals surface area contributed by atoms with Crippen LogP contribution < -0.4 is 0 Å². The van der Waals surface area contributed by atoms with Gasteiger partial charge in [-0.15, -0.1) is 0 Å². The van der Waals surface area contributed by atoms with Crippen LogP contribution >= 0.6 is 63.7 Å². The molecule has 114 valence electrons. The van der Waals surface area contributed by atoms with Gasteiger partial charge in [-0.05, 0) is 6.42 Å². The maximum atomic E-state index is 10.4. The van der Waals surface area contributed by atoms with Gasteiger partial charge in [0.15, 0.2) is 0 Å². The third kappa shape index (κ3) is 1.38. The molecule has 2 fully saturated rings. The molecule has 0 aliphatic heterocycles. The van der Waals surface area contributed by atoms with E-state index in [1.165, 1.54) is 0 Å². The summed E-state index contributed by atoms with van der Waals surface area (Å²) in [5, 5.41) is 20.8. The molecule has 3 rings (SSSR count). The Morgan fingerprint density at radius 3 is 1.60 bits per heavy atom. The molecule has 3 aliphatic carbocycles. The van der Waals surface area contributed by atoms with Crippen LogP contribution in [0, 0.1) is 11.8 Å². The highest BCUT2D eigenvalue weighted by Gasteiger charge is 2.86. The zero-order chi connectivity index (χ0) is 15.1. The number of aliphatic hydroxyl groups excluding tert-OH is 2. The van der Waals surface area contributed by atoms with Gasteiger partial charge in [0, 0.05) is 35.0 Å². The highest BCUT2D eigenvalue weighted by Crippen LogP contribution is 2.78. The van der Waals surface area contributed by atoms with Gasteiger partial charge in [-0.3, -0.25) is 0 Å². The first-order valence-corrected chi connectivity index (χ1v) is 9.31. The maximum absolute atomic E-state index is 10.4. The molecule has 20 heavy (non-hydrogen) atoms. The smallest absolute Gasteiger partial charge is 0.209 e. The zero-order valence-electron chi connectivity index (χ0n) is 10.7. The average molecular weight is 542 g/mol. The number of rotatable bonds is 2. The Morgan fingerprint density at radius 2 is 1.30 bits per heavy atom. The van der Waals surface area contributed by atoms with E-state index < -0.39 is 26.6 Å². The van der Waals surface area contributed by atoms with Gasteiger partial charge in [0.1, 0.15) is 8.65 Å². The number of hydrogen-bond acceptors (Lipinski definition) is 4. The van der Waals surface area contributed by atoms with Crippen LogP contribution in [0.3, 0.4) is 0 Å². The predicted molar refractivity (Wildman–Crippen MR) is 88.6 cm³/mol. The number of aliphatic hydroxyl groups is 2. The summed E-state index contributed by atoms with van der Waals surface area (Å²) in [6.45, 7) is 0. The van der Waals surface area contributed by atoms with Crippen LogP contribution in [0.1, 0.15) is 6.42 Å². The van der Waals surface area contributed by atoms with Crippen LogP contribution in [-0.2, 0) is 9.47 Å². The van der Waals surface area contributed by atoms with Crippen molar-refractivity contribution in [1.82, 2.24) is 0 Å². The van der Waals surface area contributed by atoms with Crippen LogP contribution in [0.4, 0.5) is 0 Å². The monoisotopic (exact) mass is 538 g/mol. The lowest BCUT2D eigenvalue weighted by molar-refractivity contribution is -0.218. The van der Waals surface area contributed by atoms with E-state index in [4.69, 9.17) is 9.47 Å². The van der Waals surface area contributed by atoms with Gasteiger partial charge in [0.25, 0.3) is 0 Å². The molecule has 2 bridgehead atoms. The number of ether oxygens (including phenoxy) is 2. The molecular formula is C12H14Br4O4. The third-order valence-corrected chi connectivity index (χ3v) is 11.5. The molecule has 0 aromatic rings. The molecule has 3 aliphatic rings. The lowest BCUT2D eigenvalue weighted by Crippen LogP contribution is -2.58. The third-order valence-electron chi connectivity index (χ3n) is 4.98. The van der Waals surface area contributed by atoms with Gasteiger partial charge >= 0.3 is 0 Å². The van der Waals surface area contributed by atoms with E-state index in [0.717, 1.165) is 8.96 Å². The van der Waals surface area contributed by atoms with Crippen molar-refractivity contribution in [3.8, 4) is 0 Å². The number of hydrogen-bond donors (Lipinski definition) is 2. The topological polar surface area (TPSA) is 58.9 Å². The molecular weight excluding hydrogens is 528 g/mol. The number of alkyl halides is 2. The van der Waals surface area contributed by atoms with E-state index in [9.17, 15) is 10.2 Å². The van der Waals surface area contributed by atoms with E-state index in [1.807, 2.05) is 0 Å². The van der Waals surface area contributed by atoms with E-state index >= 15 is 0 Å². The minimum atomic E-state index is -1.07. The largest absolute Gasteiger partial charge is 0.393 e. The van der Waals surface area contributed by atoms with E-state index in [0.29, 0.717) is 6.42 Å². The summed E-state index contributed by atoms with van der Waals surface area (Å²) in [6, 6.07) is 0. The molecule has 0 amide bonds. The van der Waals surface area contributed by atoms with Crippen LogP contribution in [-0.4, -0.2) is 51.1 Å². The molecule has 6 atom stereocenters. The van der Waals surface area contributed by atoms with Crippen molar-refractivity contribution in [2.45, 2.75) is 33.1 Å². The fourth-order valence-electron chi connectivity index (χ4n) is 4.33. The number of fused-ring (bicyclic) bond motifs is 5. The van der Waals surface area contributed by atoms with Crippen molar-refractivity contribution in [2.24, 2.45) is 11.8 Å². The minimum Gasteiger partial charge on any atom is -0.393 e. The fraction of sp³-hybridized carbons (Fsp3) is 0.833. The summed E-state index contributed by atoms with van der Waals surface area (Å²) in [7, 11) is 3.14. The van der Waals surface area contributed by atoms with Crippen molar-refractivity contribution >= 4 is 63.7 Å². The molecule has 0 heterocycles. The second-order valence-corrected chi connectivity index (χ2v) is 9.59. The lowest BCUT2D eigenvalue weighted by atomic mass is 9.84. The van der Waals surface area contributed by atoms with Crippen molar-refractivity contribution < 1.29 is 19.7 Å². The summed E-state index contributed by atoms with van der Waals surface area (Å²) >= 11 is 14.7. The van der Waals surface area contributed by atoms with Crippen molar-refractivity contribution in [3.63, 3.8) is 0 Å². The van der Waals surface area contributed by atoms with E-state index in [-0.39, 0.29) is 11.8 Å². The van der Waals surface area contributed by atoms with Crippen LogP contribution in [0.5, 0.6) is 0 Å². The van der Waals surface area contributed by atoms with Gasteiger partial charge < -0.3 is 19.7 Å². The molecule has 8 heteroatoms. The quantitative estimate of drug-likeness (QED) is 0.417. The summed E-state index contributed by atoms with van der Waals surface area (Å²) in [4.78, 5) is 0. The average Bonchev–Trinajstić information content (AvgIpc) is 2.85. The first-order chi connectivity index (χ1) is 9.24. The molecule has 4 nitrogen and oxygen atoms in total. The molecule has 0 aromatic heterocycles. The fourth-order valence-corrected chi connectivity index (χ4v) is 9.65.